The van der Waals surface area contributed by atoms with E-state index in [1.54, 1.807) is 0 Å². The Bertz CT molecular complexity index is 578. The average Bonchev–Trinajstić information content (AvgIpc) is 2.57. The average molecular weight is 332 g/mol. The van der Waals surface area contributed by atoms with Gasteiger partial charge in [0.1, 0.15) is 5.75 Å². The van der Waals surface area contributed by atoms with Gasteiger partial charge in [-0.25, -0.2) is 0 Å². The van der Waals surface area contributed by atoms with Crippen LogP contribution in [0.15, 0.2) is 18.2 Å². The maximum absolute atomic E-state index is 12.1. The molecular weight excluding hydrogens is 304 g/mol. The van der Waals surface area contributed by atoms with Crippen LogP contribution in [0.5, 0.6) is 5.75 Å². The molecule has 5 nitrogen and oxygen atoms in total. The fraction of sp³-hybridized carbons (Fsp3) is 0.579. The van der Waals surface area contributed by atoms with Gasteiger partial charge in [-0.2, -0.15) is 0 Å². The molecule has 24 heavy (non-hydrogen) atoms. The molecule has 1 aliphatic heterocycles. The first-order valence-corrected chi connectivity index (χ1v) is 8.77. The lowest BCUT2D eigenvalue weighted by molar-refractivity contribution is -0.132. The largest absolute Gasteiger partial charge is 0.483 e. The van der Waals surface area contributed by atoms with Crippen LogP contribution in [0.25, 0.3) is 0 Å². The first kappa shape index (κ1) is 18.3. The topological polar surface area (TPSA) is 58.6 Å². The quantitative estimate of drug-likeness (QED) is 0.871. The summed E-state index contributed by atoms with van der Waals surface area (Å²) in [5.74, 6) is 0.875. The van der Waals surface area contributed by atoms with E-state index in [2.05, 4.69) is 5.32 Å². The normalized spacial score (nSPS) is 15.2. The first-order chi connectivity index (χ1) is 11.5. The van der Waals surface area contributed by atoms with E-state index in [4.69, 9.17) is 4.74 Å². The molecule has 0 aromatic heterocycles. The van der Waals surface area contributed by atoms with Gasteiger partial charge in [0.05, 0.1) is 0 Å². The Labute approximate surface area is 144 Å². The molecule has 0 saturated carbocycles. The molecule has 1 aliphatic rings. The van der Waals surface area contributed by atoms with Crippen LogP contribution in [0.2, 0.25) is 0 Å². The van der Waals surface area contributed by atoms with Crippen LogP contribution in [0.1, 0.15) is 43.7 Å². The maximum Gasteiger partial charge on any atom is 0.258 e. The zero-order chi connectivity index (χ0) is 17.5. The summed E-state index contributed by atoms with van der Waals surface area (Å²) >= 11 is 0. The van der Waals surface area contributed by atoms with Crippen molar-refractivity contribution in [3.8, 4) is 5.75 Å². The molecule has 5 heteroatoms. The van der Waals surface area contributed by atoms with Gasteiger partial charge in [-0.1, -0.05) is 19.1 Å². The lowest BCUT2D eigenvalue weighted by atomic mass is 10.0. The van der Waals surface area contributed by atoms with Gasteiger partial charge in [0.25, 0.3) is 5.91 Å². The van der Waals surface area contributed by atoms with Crippen molar-refractivity contribution in [2.45, 2.75) is 52.5 Å². The Hall–Kier alpha value is -2.04. The lowest BCUT2D eigenvalue weighted by Crippen LogP contribution is -2.47. The highest BCUT2D eigenvalue weighted by atomic mass is 16.5. The molecule has 2 amide bonds. The van der Waals surface area contributed by atoms with Crippen molar-refractivity contribution in [3.05, 3.63) is 29.3 Å². The summed E-state index contributed by atoms with van der Waals surface area (Å²) < 4.78 is 5.64. The highest BCUT2D eigenvalue weighted by Gasteiger charge is 2.23. The third-order valence-electron chi connectivity index (χ3n) is 4.59. The second-order valence-corrected chi connectivity index (χ2v) is 6.46. The van der Waals surface area contributed by atoms with Crippen molar-refractivity contribution in [3.63, 3.8) is 0 Å². The van der Waals surface area contributed by atoms with E-state index in [9.17, 15) is 9.59 Å². The minimum absolute atomic E-state index is 0.0271. The van der Waals surface area contributed by atoms with Crippen LogP contribution < -0.4 is 10.1 Å². The first-order valence-electron chi connectivity index (χ1n) is 8.77. The second-order valence-electron chi connectivity index (χ2n) is 6.46. The fourth-order valence-electron chi connectivity index (χ4n) is 2.94. The van der Waals surface area contributed by atoms with Gasteiger partial charge >= 0.3 is 0 Å². The molecule has 0 spiro atoms. The molecule has 0 bridgehead atoms. The predicted molar refractivity (Wildman–Crippen MR) is 94.1 cm³/mol. The minimum atomic E-state index is -0.103. The van der Waals surface area contributed by atoms with Gasteiger partial charge in [0.15, 0.2) is 6.61 Å². The molecule has 1 aromatic carbocycles. The van der Waals surface area contributed by atoms with Gasteiger partial charge in [0, 0.05) is 25.6 Å². The van der Waals surface area contributed by atoms with Crippen molar-refractivity contribution >= 4 is 11.8 Å². The van der Waals surface area contributed by atoms with E-state index in [0.29, 0.717) is 6.42 Å². The highest BCUT2D eigenvalue weighted by Crippen LogP contribution is 2.20. The van der Waals surface area contributed by atoms with E-state index >= 15 is 0 Å². The number of carbonyl (C=O) groups is 2. The number of likely N-dealkylation sites (tertiary alicyclic amines) is 1. The van der Waals surface area contributed by atoms with Crippen molar-refractivity contribution in [1.82, 2.24) is 10.2 Å². The molecule has 0 unspecified atom stereocenters. The number of aryl methyl sites for hydroxylation is 1. The van der Waals surface area contributed by atoms with E-state index in [1.807, 2.05) is 43.9 Å². The van der Waals surface area contributed by atoms with Crippen LogP contribution in [0.4, 0.5) is 0 Å². The van der Waals surface area contributed by atoms with Gasteiger partial charge in [0.2, 0.25) is 5.91 Å². The van der Waals surface area contributed by atoms with Crippen LogP contribution in [-0.2, 0) is 9.59 Å². The Morgan fingerprint density at radius 1 is 1.25 bits per heavy atom. The van der Waals surface area contributed by atoms with Gasteiger partial charge < -0.3 is 15.0 Å². The number of carbonyl (C=O) groups excluding carboxylic acids is 2. The molecule has 1 heterocycles. The van der Waals surface area contributed by atoms with Gasteiger partial charge in [-0.15, -0.1) is 0 Å². The number of piperidine rings is 1. The number of rotatable bonds is 6. The standard InChI is InChI=1S/C19H28N2O3/c1-4-6-19(23)21-11-9-16(10-12-21)20-18(22)13-24-17-8-5-7-14(2)15(17)3/h5,7-8,16H,4,6,9-13H2,1-3H3,(H,20,22). The number of nitrogens with one attached hydrogen (secondary N) is 1. The molecule has 1 fully saturated rings. The smallest absolute Gasteiger partial charge is 0.258 e. The van der Waals surface area contributed by atoms with Crippen LogP contribution in [0.3, 0.4) is 0 Å². The molecule has 132 valence electrons. The predicted octanol–water partition coefficient (Wildman–Crippen LogP) is 2.59. The molecule has 2 rings (SSSR count). The number of hydrogen-bond donors (Lipinski definition) is 1. The Morgan fingerprint density at radius 2 is 1.96 bits per heavy atom. The fourth-order valence-corrected chi connectivity index (χ4v) is 2.94. The molecule has 1 aromatic rings. The monoisotopic (exact) mass is 332 g/mol. The van der Waals surface area contributed by atoms with Crippen LogP contribution in [-0.4, -0.2) is 42.5 Å². The Balaban J connectivity index is 1.74. The number of nitrogens with zero attached hydrogens (tertiary/aromatic N) is 1. The Morgan fingerprint density at radius 3 is 2.62 bits per heavy atom. The third kappa shape index (κ3) is 4.98. The van der Waals surface area contributed by atoms with Gasteiger partial charge in [-0.3, -0.25) is 9.59 Å². The van der Waals surface area contributed by atoms with Gasteiger partial charge in [-0.05, 0) is 50.3 Å². The summed E-state index contributed by atoms with van der Waals surface area (Å²) in [6.07, 6.45) is 3.11. The molecule has 0 radical (unpaired) electrons. The molecule has 0 aliphatic carbocycles. The van der Waals surface area contributed by atoms with Crippen molar-refractivity contribution < 1.29 is 14.3 Å². The maximum atomic E-state index is 12.1. The Kier molecular flexibility index (Phi) is 6.64. The minimum Gasteiger partial charge on any atom is -0.483 e. The van der Waals surface area contributed by atoms with Crippen LogP contribution in [0, 0.1) is 13.8 Å². The highest BCUT2D eigenvalue weighted by molar-refractivity contribution is 5.78. The number of hydrogen-bond acceptors (Lipinski definition) is 3. The zero-order valence-electron chi connectivity index (χ0n) is 14.9. The SMILES string of the molecule is CCCC(=O)N1CCC(NC(=O)COc2cccc(C)c2C)CC1. The summed E-state index contributed by atoms with van der Waals surface area (Å²) in [6, 6.07) is 5.97. The number of amides is 2. The number of ether oxygens (including phenoxy) is 1. The van der Waals surface area contributed by atoms with E-state index in [-0.39, 0.29) is 24.5 Å². The molecular formula is C19H28N2O3. The third-order valence-corrected chi connectivity index (χ3v) is 4.59. The van der Waals surface area contributed by atoms with E-state index in [0.717, 1.165) is 49.2 Å². The molecule has 1 saturated heterocycles. The van der Waals surface area contributed by atoms with Crippen molar-refractivity contribution in [1.29, 1.82) is 0 Å². The molecule has 0 atom stereocenters. The zero-order valence-corrected chi connectivity index (χ0v) is 14.9. The number of benzene rings is 1. The van der Waals surface area contributed by atoms with Crippen LogP contribution >= 0.6 is 0 Å². The summed E-state index contributed by atoms with van der Waals surface area (Å²) in [5.41, 5.74) is 2.21. The molecule has 1 N–H and O–H groups in total. The summed E-state index contributed by atoms with van der Waals surface area (Å²) in [4.78, 5) is 25.8. The van der Waals surface area contributed by atoms with Crippen molar-refractivity contribution in [2.24, 2.45) is 0 Å². The van der Waals surface area contributed by atoms with Crippen molar-refractivity contribution in [2.75, 3.05) is 19.7 Å². The summed E-state index contributed by atoms with van der Waals surface area (Å²) in [6.45, 7) is 7.50. The van der Waals surface area contributed by atoms with E-state index in [1.165, 1.54) is 0 Å². The summed E-state index contributed by atoms with van der Waals surface area (Å²) in [5, 5.41) is 3.01. The lowest BCUT2D eigenvalue weighted by Gasteiger charge is -2.32. The second kappa shape index (κ2) is 8.71. The van der Waals surface area contributed by atoms with E-state index < -0.39 is 0 Å². The summed E-state index contributed by atoms with van der Waals surface area (Å²) in [7, 11) is 0.